The van der Waals surface area contributed by atoms with Crippen LogP contribution in [0.4, 0.5) is 5.69 Å². The number of rotatable bonds is 4. The van der Waals surface area contributed by atoms with Crippen LogP contribution in [0.2, 0.25) is 0 Å². The number of nitrogens with zero attached hydrogens (tertiary/aromatic N) is 3. The highest BCUT2D eigenvalue weighted by Gasteiger charge is 2.78. The van der Waals surface area contributed by atoms with E-state index in [0.717, 1.165) is 5.56 Å². The van der Waals surface area contributed by atoms with Crippen LogP contribution in [0.3, 0.4) is 0 Å². The van der Waals surface area contributed by atoms with Gasteiger partial charge in [0.25, 0.3) is 11.8 Å². The Labute approximate surface area is 185 Å². The van der Waals surface area contributed by atoms with Crippen LogP contribution in [-0.2, 0) is 19.8 Å². The highest BCUT2D eigenvalue weighted by molar-refractivity contribution is 6.07. The van der Waals surface area contributed by atoms with Gasteiger partial charge in [0.1, 0.15) is 11.8 Å². The molecule has 4 heterocycles. The number of aromatic nitrogens is 2. The molecule has 9 heteroatoms. The lowest BCUT2D eigenvalue weighted by molar-refractivity contribution is -0.170. The first-order chi connectivity index (χ1) is 15.2. The molecule has 1 aromatic heterocycles. The van der Waals surface area contributed by atoms with E-state index in [1.54, 1.807) is 23.4 Å². The monoisotopic (exact) mass is 435 g/mol. The Bertz CT molecular complexity index is 1160. The molecule has 166 valence electrons. The SMILES string of the molecule is C=CC(C)(C)[C@]12C[C@@H](O)C(=O)N3/C(=C/c4cnc[nH]4)C(=O)N[C@@]31N(OC)c1ccccc12. The number of amides is 2. The topological polar surface area (TPSA) is 111 Å². The van der Waals surface area contributed by atoms with Crippen molar-refractivity contribution in [3.05, 3.63) is 66.4 Å². The molecule has 3 aliphatic rings. The zero-order valence-corrected chi connectivity index (χ0v) is 18.1. The van der Waals surface area contributed by atoms with Gasteiger partial charge in [0.05, 0.1) is 36.4 Å². The van der Waals surface area contributed by atoms with E-state index in [1.165, 1.54) is 18.3 Å². The van der Waals surface area contributed by atoms with Gasteiger partial charge in [-0.15, -0.1) is 6.58 Å². The van der Waals surface area contributed by atoms with Crippen molar-refractivity contribution in [1.29, 1.82) is 0 Å². The number of aliphatic hydroxyl groups excluding tert-OH is 1. The number of H-pyrrole nitrogens is 1. The lowest BCUT2D eigenvalue weighted by Gasteiger charge is -2.59. The molecular formula is C23H25N5O4. The number of piperidine rings is 1. The van der Waals surface area contributed by atoms with Crippen molar-refractivity contribution in [2.24, 2.45) is 5.41 Å². The van der Waals surface area contributed by atoms with Gasteiger partial charge in [-0.05, 0) is 29.5 Å². The summed E-state index contributed by atoms with van der Waals surface area (Å²) in [6.07, 6.45) is 5.14. The van der Waals surface area contributed by atoms with Crippen molar-refractivity contribution in [2.75, 3.05) is 12.2 Å². The van der Waals surface area contributed by atoms with Gasteiger partial charge in [-0.1, -0.05) is 38.1 Å². The third kappa shape index (κ3) is 2.17. The number of allylic oxidation sites excluding steroid dienone is 1. The molecule has 2 saturated heterocycles. The number of hydroxylamine groups is 1. The van der Waals surface area contributed by atoms with Gasteiger partial charge in [-0.3, -0.25) is 19.3 Å². The molecule has 2 aromatic rings. The number of imidazole rings is 1. The fourth-order valence-corrected chi connectivity index (χ4v) is 5.68. The Morgan fingerprint density at radius 3 is 2.75 bits per heavy atom. The summed E-state index contributed by atoms with van der Waals surface area (Å²) in [5, 5.41) is 15.7. The predicted molar refractivity (Wildman–Crippen MR) is 116 cm³/mol. The number of anilines is 1. The maximum Gasteiger partial charge on any atom is 0.271 e. The quantitative estimate of drug-likeness (QED) is 0.498. The zero-order valence-electron chi connectivity index (χ0n) is 18.1. The molecule has 2 fully saturated rings. The van der Waals surface area contributed by atoms with Gasteiger partial charge in [-0.25, -0.2) is 10.0 Å². The van der Waals surface area contributed by atoms with Crippen LogP contribution < -0.4 is 10.4 Å². The standard InChI is InChI=1S/C23H25N5O4/c1-5-21(2,3)22-11-18(29)20(31)27-17(10-14-12-24-13-25-14)19(30)26-23(22,27)28(32-4)16-9-7-6-8-15(16)22/h5-10,12-13,18,29H,1,11H2,2-4H3,(H,24,25)(H,26,30)/b17-10+/t18-,22-,23-/m1/s1. The summed E-state index contributed by atoms with van der Waals surface area (Å²) in [7, 11) is 1.50. The second-order valence-electron chi connectivity index (χ2n) is 8.88. The van der Waals surface area contributed by atoms with Gasteiger partial charge in [0.2, 0.25) is 5.79 Å². The molecule has 32 heavy (non-hydrogen) atoms. The second-order valence-corrected chi connectivity index (χ2v) is 8.88. The molecule has 9 nitrogen and oxygen atoms in total. The molecule has 1 spiro atoms. The molecule has 5 rings (SSSR count). The van der Waals surface area contributed by atoms with Crippen LogP contribution in [0, 0.1) is 5.41 Å². The number of fused-ring (bicyclic) bond motifs is 2. The second kappa shape index (κ2) is 6.54. The van der Waals surface area contributed by atoms with Gasteiger partial charge in [0.15, 0.2) is 0 Å². The molecule has 0 saturated carbocycles. The van der Waals surface area contributed by atoms with Crippen molar-refractivity contribution in [2.45, 2.75) is 37.6 Å². The van der Waals surface area contributed by atoms with E-state index in [9.17, 15) is 14.7 Å². The number of nitrogens with one attached hydrogen (secondary N) is 2. The molecule has 2 amide bonds. The van der Waals surface area contributed by atoms with Gasteiger partial charge < -0.3 is 15.4 Å². The number of hydrogen-bond donors (Lipinski definition) is 3. The first-order valence-corrected chi connectivity index (χ1v) is 10.4. The summed E-state index contributed by atoms with van der Waals surface area (Å²) in [6, 6.07) is 7.60. The Balaban J connectivity index is 1.88. The maximum absolute atomic E-state index is 13.5. The summed E-state index contributed by atoms with van der Waals surface area (Å²) < 4.78 is 0. The lowest BCUT2D eigenvalue weighted by atomic mass is 9.55. The maximum atomic E-state index is 13.5. The Kier molecular flexibility index (Phi) is 4.18. The van der Waals surface area contributed by atoms with Crippen molar-refractivity contribution in [3.8, 4) is 0 Å². The molecule has 0 bridgehead atoms. The minimum atomic E-state index is -1.44. The predicted octanol–water partition coefficient (Wildman–Crippen LogP) is 1.66. The number of para-hydroxylation sites is 1. The average Bonchev–Trinajstić information content (AvgIpc) is 3.44. The van der Waals surface area contributed by atoms with Crippen LogP contribution in [-0.4, -0.2) is 50.8 Å². The Hall–Kier alpha value is -3.43. The van der Waals surface area contributed by atoms with Crippen molar-refractivity contribution in [3.63, 3.8) is 0 Å². The largest absolute Gasteiger partial charge is 0.383 e. The van der Waals surface area contributed by atoms with E-state index in [0.29, 0.717) is 11.4 Å². The molecule has 3 N–H and O–H groups in total. The van der Waals surface area contributed by atoms with Crippen LogP contribution in [0.1, 0.15) is 31.5 Å². The smallest absolute Gasteiger partial charge is 0.271 e. The van der Waals surface area contributed by atoms with Crippen molar-refractivity contribution >= 4 is 23.6 Å². The zero-order chi connectivity index (χ0) is 22.9. The molecule has 0 unspecified atom stereocenters. The van der Waals surface area contributed by atoms with Gasteiger partial charge >= 0.3 is 0 Å². The first-order valence-electron chi connectivity index (χ1n) is 10.4. The summed E-state index contributed by atoms with van der Waals surface area (Å²) in [6.45, 7) is 8.03. The fourth-order valence-electron chi connectivity index (χ4n) is 5.68. The van der Waals surface area contributed by atoms with E-state index in [-0.39, 0.29) is 12.1 Å². The van der Waals surface area contributed by atoms with Gasteiger partial charge in [0, 0.05) is 0 Å². The van der Waals surface area contributed by atoms with E-state index >= 15 is 0 Å². The van der Waals surface area contributed by atoms with Crippen LogP contribution in [0.15, 0.2) is 55.1 Å². The number of carbonyl (C=O) groups is 2. The van der Waals surface area contributed by atoms with E-state index in [2.05, 4.69) is 21.9 Å². The summed E-state index contributed by atoms with van der Waals surface area (Å²) in [4.78, 5) is 41.1. The number of aromatic amines is 1. The molecule has 0 radical (unpaired) electrons. The average molecular weight is 435 g/mol. The third-order valence-electron chi connectivity index (χ3n) is 7.17. The fraction of sp³-hybridized carbons (Fsp3) is 0.348. The molecule has 0 aliphatic carbocycles. The van der Waals surface area contributed by atoms with E-state index in [1.807, 2.05) is 38.1 Å². The van der Waals surface area contributed by atoms with E-state index < -0.39 is 34.5 Å². The normalized spacial score (nSPS) is 30.2. The number of benzene rings is 1. The van der Waals surface area contributed by atoms with Crippen molar-refractivity contribution < 1.29 is 19.5 Å². The molecule has 1 aromatic carbocycles. The first kappa shape index (κ1) is 20.5. The Morgan fingerprint density at radius 2 is 2.09 bits per heavy atom. The van der Waals surface area contributed by atoms with Crippen LogP contribution in [0.5, 0.6) is 0 Å². The summed E-state index contributed by atoms with van der Waals surface area (Å²) in [5.41, 5.74) is 0.560. The number of aliphatic hydroxyl groups is 1. The van der Waals surface area contributed by atoms with Crippen LogP contribution in [0.25, 0.3) is 6.08 Å². The minimum absolute atomic E-state index is 0.0792. The summed E-state index contributed by atoms with van der Waals surface area (Å²) in [5.74, 6) is -2.48. The highest BCUT2D eigenvalue weighted by Crippen LogP contribution is 2.66. The number of hydrogen-bond acceptors (Lipinski definition) is 6. The Morgan fingerprint density at radius 1 is 1.34 bits per heavy atom. The third-order valence-corrected chi connectivity index (χ3v) is 7.17. The summed E-state index contributed by atoms with van der Waals surface area (Å²) >= 11 is 0. The van der Waals surface area contributed by atoms with E-state index in [4.69, 9.17) is 4.84 Å². The van der Waals surface area contributed by atoms with Gasteiger partial charge in [-0.2, -0.15) is 0 Å². The molecular weight excluding hydrogens is 410 g/mol. The molecule has 3 atom stereocenters. The lowest BCUT2D eigenvalue weighted by Crippen LogP contribution is -2.79. The van der Waals surface area contributed by atoms with Crippen LogP contribution >= 0.6 is 0 Å². The minimum Gasteiger partial charge on any atom is -0.383 e. The number of carbonyl (C=O) groups excluding carboxylic acids is 2. The molecule has 3 aliphatic heterocycles. The highest BCUT2D eigenvalue weighted by atomic mass is 16.7. The van der Waals surface area contributed by atoms with Crippen molar-refractivity contribution in [1.82, 2.24) is 20.2 Å².